The highest BCUT2D eigenvalue weighted by Crippen LogP contribution is 2.25. The van der Waals surface area contributed by atoms with Crippen LogP contribution in [0.2, 0.25) is 0 Å². The lowest BCUT2D eigenvalue weighted by Gasteiger charge is -2.20. The van der Waals surface area contributed by atoms with Crippen LogP contribution in [0.15, 0.2) is 60.7 Å². The van der Waals surface area contributed by atoms with Crippen LogP contribution in [0.25, 0.3) is 0 Å². The zero-order chi connectivity index (χ0) is 16.2. The third-order valence-corrected chi connectivity index (χ3v) is 3.03. The van der Waals surface area contributed by atoms with Gasteiger partial charge in [0.15, 0.2) is 0 Å². The molecule has 0 radical (unpaired) electrons. The molecule has 22 heavy (non-hydrogen) atoms. The number of hydrogen-bond acceptors (Lipinski definition) is 3. The van der Waals surface area contributed by atoms with Gasteiger partial charge in [-0.1, -0.05) is 60.7 Å². The van der Waals surface area contributed by atoms with Crippen LogP contribution in [-0.4, -0.2) is 43.9 Å². The first-order chi connectivity index (χ1) is 10.7. The molecule has 0 heterocycles. The molecule has 0 aliphatic heterocycles. The lowest BCUT2D eigenvalue weighted by Crippen LogP contribution is -2.20. The van der Waals surface area contributed by atoms with E-state index in [4.69, 9.17) is 9.84 Å². The second kappa shape index (κ2) is 11.0. The van der Waals surface area contributed by atoms with Gasteiger partial charge in [0.1, 0.15) is 6.10 Å². The van der Waals surface area contributed by atoms with Gasteiger partial charge in [-0.15, -0.1) is 0 Å². The maximum atomic E-state index is 7.57. The van der Waals surface area contributed by atoms with Crippen molar-refractivity contribution in [3.63, 3.8) is 0 Å². The van der Waals surface area contributed by atoms with Crippen LogP contribution in [-0.2, 0) is 4.74 Å². The second-order valence-corrected chi connectivity index (χ2v) is 5.19. The molecule has 2 aromatic carbocycles. The molecule has 1 N–H and O–H groups in total. The van der Waals surface area contributed by atoms with Crippen molar-refractivity contribution in [2.45, 2.75) is 13.0 Å². The van der Waals surface area contributed by atoms with Crippen LogP contribution in [0.4, 0.5) is 0 Å². The van der Waals surface area contributed by atoms with E-state index in [-0.39, 0.29) is 12.7 Å². The fourth-order valence-corrected chi connectivity index (χ4v) is 1.99. The van der Waals surface area contributed by atoms with Gasteiger partial charge in [0.25, 0.3) is 0 Å². The topological polar surface area (TPSA) is 32.7 Å². The Hall–Kier alpha value is -1.68. The van der Waals surface area contributed by atoms with Crippen molar-refractivity contribution < 1.29 is 9.84 Å². The van der Waals surface area contributed by atoms with E-state index < -0.39 is 0 Å². The molecular weight excluding hydrogens is 274 g/mol. The van der Waals surface area contributed by atoms with Crippen molar-refractivity contribution in [3.8, 4) is 0 Å². The number of nitrogens with zero attached hydrogens (tertiary/aromatic N) is 1. The molecule has 2 aromatic rings. The zero-order valence-corrected chi connectivity index (χ0v) is 13.8. The normalized spacial score (nSPS) is 10.5. The predicted octanol–water partition coefficient (Wildman–Crippen LogP) is 3.35. The lowest BCUT2D eigenvalue weighted by molar-refractivity contribution is 0.0687. The highest BCUT2D eigenvalue weighted by Gasteiger charge is 2.13. The van der Waals surface area contributed by atoms with Gasteiger partial charge in [-0.25, -0.2) is 0 Å². The van der Waals surface area contributed by atoms with Crippen molar-refractivity contribution in [2.24, 2.45) is 0 Å². The highest BCUT2D eigenvalue weighted by molar-refractivity contribution is 5.29. The average molecular weight is 301 g/mol. The molecule has 3 nitrogen and oxygen atoms in total. The summed E-state index contributed by atoms with van der Waals surface area (Å²) in [6, 6.07) is 20.8. The summed E-state index contributed by atoms with van der Waals surface area (Å²) in [5, 5.41) is 7.57. The van der Waals surface area contributed by atoms with Crippen molar-refractivity contribution in [3.05, 3.63) is 71.8 Å². The third-order valence-electron chi connectivity index (χ3n) is 3.03. The van der Waals surface area contributed by atoms with Crippen molar-refractivity contribution in [1.82, 2.24) is 4.90 Å². The summed E-state index contributed by atoms with van der Waals surface area (Å²) in [5.74, 6) is 0. The lowest BCUT2D eigenvalue weighted by atomic mass is 10.0. The largest absolute Gasteiger partial charge is 0.397 e. The summed E-state index contributed by atoms with van der Waals surface area (Å²) in [6.45, 7) is 3.58. The van der Waals surface area contributed by atoms with E-state index in [9.17, 15) is 0 Å². The van der Waals surface area contributed by atoms with Crippen LogP contribution >= 0.6 is 0 Å². The molecule has 0 aromatic heterocycles. The Kier molecular flexibility index (Phi) is 9.15. The summed E-state index contributed by atoms with van der Waals surface area (Å²) in [6.07, 6.45) is 0.0161. The highest BCUT2D eigenvalue weighted by atomic mass is 16.5. The van der Waals surface area contributed by atoms with Gasteiger partial charge in [-0.2, -0.15) is 0 Å². The number of aliphatic hydroxyl groups is 1. The maximum Gasteiger partial charge on any atom is 0.108 e. The number of aliphatic hydroxyl groups excluding tert-OH is 1. The van der Waals surface area contributed by atoms with Crippen LogP contribution in [0.5, 0.6) is 0 Å². The Morgan fingerprint density at radius 2 is 1.32 bits per heavy atom. The fourth-order valence-electron chi connectivity index (χ4n) is 1.99. The first-order valence-corrected chi connectivity index (χ1v) is 7.66. The SMILES string of the molecule is CCO.CN(C)CCOC(c1ccccc1)c1ccccc1. The molecule has 0 unspecified atom stereocenters. The molecular formula is C19H27NO2. The summed E-state index contributed by atoms with van der Waals surface area (Å²) in [5.41, 5.74) is 2.40. The average Bonchev–Trinajstić information content (AvgIpc) is 2.54. The van der Waals surface area contributed by atoms with E-state index in [2.05, 4.69) is 67.5 Å². The molecule has 0 fully saturated rings. The first-order valence-electron chi connectivity index (χ1n) is 7.66. The Labute approximate surface area is 134 Å². The minimum Gasteiger partial charge on any atom is -0.397 e. The molecule has 0 bridgehead atoms. The van der Waals surface area contributed by atoms with Gasteiger partial charge in [0.05, 0.1) is 6.61 Å². The van der Waals surface area contributed by atoms with Crippen LogP contribution in [0.1, 0.15) is 24.2 Å². The number of hydrogen-bond donors (Lipinski definition) is 1. The monoisotopic (exact) mass is 301 g/mol. The van der Waals surface area contributed by atoms with Crippen LogP contribution in [0, 0.1) is 0 Å². The van der Waals surface area contributed by atoms with Gasteiger partial charge in [-0.05, 0) is 32.1 Å². The summed E-state index contributed by atoms with van der Waals surface area (Å²) < 4.78 is 6.08. The van der Waals surface area contributed by atoms with E-state index in [1.165, 1.54) is 11.1 Å². The Balaban J connectivity index is 0.000000745. The standard InChI is InChI=1S/C17H21NO.C2H6O/c1-18(2)13-14-19-17(15-9-5-3-6-10-15)16-11-7-4-8-12-16;1-2-3/h3-12,17H,13-14H2,1-2H3;3H,2H2,1H3. The Morgan fingerprint density at radius 3 is 1.68 bits per heavy atom. The van der Waals surface area contributed by atoms with E-state index in [1.807, 2.05) is 12.1 Å². The molecule has 2 rings (SSSR count). The number of benzene rings is 2. The summed E-state index contributed by atoms with van der Waals surface area (Å²) in [7, 11) is 4.12. The maximum absolute atomic E-state index is 7.57. The Morgan fingerprint density at radius 1 is 0.909 bits per heavy atom. The molecule has 0 aliphatic carbocycles. The number of ether oxygens (including phenoxy) is 1. The van der Waals surface area contributed by atoms with Crippen molar-refractivity contribution in [1.29, 1.82) is 0 Å². The molecule has 0 saturated heterocycles. The predicted molar refractivity (Wildman–Crippen MR) is 92.0 cm³/mol. The second-order valence-electron chi connectivity index (χ2n) is 5.19. The smallest absolute Gasteiger partial charge is 0.108 e. The summed E-state index contributed by atoms with van der Waals surface area (Å²) in [4.78, 5) is 2.13. The van der Waals surface area contributed by atoms with Gasteiger partial charge in [-0.3, -0.25) is 0 Å². The number of rotatable bonds is 6. The van der Waals surface area contributed by atoms with Crippen molar-refractivity contribution >= 4 is 0 Å². The molecule has 3 heteroatoms. The molecule has 0 atom stereocenters. The molecule has 0 saturated carbocycles. The van der Waals surface area contributed by atoms with Crippen LogP contribution in [0.3, 0.4) is 0 Å². The summed E-state index contributed by atoms with van der Waals surface area (Å²) >= 11 is 0. The minimum atomic E-state index is 0.0161. The minimum absolute atomic E-state index is 0.0161. The molecule has 120 valence electrons. The molecule has 0 aliphatic rings. The van der Waals surface area contributed by atoms with Gasteiger partial charge < -0.3 is 14.7 Å². The first kappa shape index (κ1) is 18.4. The van der Waals surface area contributed by atoms with Gasteiger partial charge in [0, 0.05) is 13.2 Å². The zero-order valence-electron chi connectivity index (χ0n) is 13.8. The third kappa shape index (κ3) is 6.85. The molecule has 0 amide bonds. The van der Waals surface area contributed by atoms with Gasteiger partial charge in [0.2, 0.25) is 0 Å². The van der Waals surface area contributed by atoms with E-state index in [1.54, 1.807) is 6.92 Å². The number of likely N-dealkylation sites (N-methyl/N-ethyl adjacent to an activating group) is 1. The van der Waals surface area contributed by atoms with E-state index in [0.29, 0.717) is 0 Å². The fraction of sp³-hybridized carbons (Fsp3) is 0.368. The Bertz CT molecular complexity index is 446. The van der Waals surface area contributed by atoms with Crippen molar-refractivity contribution in [2.75, 3.05) is 33.9 Å². The van der Waals surface area contributed by atoms with Crippen LogP contribution < -0.4 is 0 Å². The van der Waals surface area contributed by atoms with E-state index in [0.717, 1.165) is 13.2 Å². The van der Waals surface area contributed by atoms with Gasteiger partial charge >= 0.3 is 0 Å². The van der Waals surface area contributed by atoms with E-state index >= 15 is 0 Å². The molecule has 0 spiro atoms. The quantitative estimate of drug-likeness (QED) is 0.888.